The molecule has 0 bridgehead atoms. The number of phenols is 1. The van der Waals surface area contributed by atoms with Crippen molar-refractivity contribution in [2.75, 3.05) is 0 Å². The van der Waals surface area contributed by atoms with Crippen molar-refractivity contribution in [3.05, 3.63) is 53.6 Å². The van der Waals surface area contributed by atoms with Crippen LogP contribution in [0.4, 0.5) is 4.39 Å². The predicted molar refractivity (Wildman–Crippen MR) is 84.3 cm³/mol. The third kappa shape index (κ3) is 2.93. The molecule has 0 saturated heterocycles. The molecule has 0 aliphatic heterocycles. The monoisotopic (exact) mass is 318 g/mol. The summed E-state index contributed by atoms with van der Waals surface area (Å²) in [4.78, 5) is 0.840. The minimum atomic E-state index is -0.327. The molecule has 3 aromatic rings. The first kappa shape index (κ1) is 14.9. The van der Waals surface area contributed by atoms with Crippen LogP contribution in [0.5, 0.6) is 5.75 Å². The van der Waals surface area contributed by atoms with Crippen LogP contribution in [-0.4, -0.2) is 20.0 Å². The highest BCUT2D eigenvalue weighted by Crippen LogP contribution is 2.33. The Labute approximate surface area is 131 Å². The molecule has 2 N–H and O–H groups in total. The van der Waals surface area contributed by atoms with Gasteiger partial charge in [-0.25, -0.2) is 4.39 Å². The molecule has 0 aliphatic rings. The summed E-state index contributed by atoms with van der Waals surface area (Å²) in [7, 11) is 1.78. The summed E-state index contributed by atoms with van der Waals surface area (Å²) in [6.45, 7) is -0.0514. The summed E-state index contributed by atoms with van der Waals surface area (Å²) in [6, 6.07) is 9.66. The molecule has 0 fully saturated rings. The molecule has 0 spiro atoms. The summed E-state index contributed by atoms with van der Waals surface area (Å²) in [5, 5.41) is 24.8. The highest BCUT2D eigenvalue weighted by Gasteiger charge is 2.08. The third-order valence-electron chi connectivity index (χ3n) is 3.44. The number of aliphatic hydroxyl groups excluding tert-OH is 1. The lowest BCUT2D eigenvalue weighted by molar-refractivity contribution is 0.270. The number of hydrogen-bond acceptors (Lipinski definition) is 4. The maximum atomic E-state index is 13.3. The normalized spacial score (nSPS) is 11.2. The third-order valence-corrected chi connectivity index (χ3v) is 4.45. The molecule has 0 unspecified atom stereocenters. The second-order valence-corrected chi connectivity index (χ2v) is 6.05. The van der Waals surface area contributed by atoms with Crippen molar-refractivity contribution in [2.24, 2.45) is 7.05 Å². The van der Waals surface area contributed by atoms with E-state index >= 15 is 0 Å². The Kier molecular flexibility index (Phi) is 4.04. The predicted octanol–water partition coefficient (Wildman–Crippen LogP) is 3.20. The fourth-order valence-corrected chi connectivity index (χ4v) is 3.19. The van der Waals surface area contributed by atoms with Gasteiger partial charge in [-0.05, 0) is 41.8 Å². The first-order valence-electron chi connectivity index (χ1n) is 6.74. The van der Waals surface area contributed by atoms with Crippen LogP contribution in [-0.2, 0) is 19.4 Å². The van der Waals surface area contributed by atoms with Gasteiger partial charge in [-0.2, -0.15) is 5.10 Å². The Morgan fingerprint density at radius 2 is 2.05 bits per heavy atom. The first-order valence-corrected chi connectivity index (χ1v) is 7.73. The number of phenolic OH excluding ortho intramolecular Hbond substituents is 1. The molecule has 0 aliphatic carbocycles. The number of aromatic nitrogens is 2. The summed E-state index contributed by atoms with van der Waals surface area (Å²) in [5.74, 6) is 0.414. The van der Waals surface area contributed by atoms with Gasteiger partial charge in [0, 0.05) is 23.1 Å². The lowest BCUT2D eigenvalue weighted by Crippen LogP contribution is -1.97. The molecule has 2 aromatic carbocycles. The number of fused-ring (bicyclic) bond motifs is 1. The molecule has 3 rings (SSSR count). The van der Waals surface area contributed by atoms with Gasteiger partial charge in [-0.3, -0.25) is 4.68 Å². The summed E-state index contributed by atoms with van der Waals surface area (Å²) >= 11 is 1.50. The molecule has 114 valence electrons. The van der Waals surface area contributed by atoms with E-state index in [1.165, 1.54) is 23.9 Å². The number of thioether (sulfide) groups is 1. The van der Waals surface area contributed by atoms with Gasteiger partial charge in [0.25, 0.3) is 0 Å². The van der Waals surface area contributed by atoms with Gasteiger partial charge < -0.3 is 10.2 Å². The zero-order valence-electron chi connectivity index (χ0n) is 12.0. The molecule has 0 atom stereocenters. The van der Waals surface area contributed by atoms with Crippen molar-refractivity contribution in [3.8, 4) is 5.75 Å². The minimum absolute atomic E-state index is 0.0514. The molecule has 6 heteroatoms. The number of aryl methyl sites for hydroxylation is 1. The van der Waals surface area contributed by atoms with E-state index in [0.29, 0.717) is 16.5 Å². The van der Waals surface area contributed by atoms with E-state index in [-0.39, 0.29) is 18.2 Å². The Hall–Kier alpha value is -2.05. The summed E-state index contributed by atoms with van der Waals surface area (Å²) in [5.41, 5.74) is 1.59. The van der Waals surface area contributed by atoms with E-state index in [2.05, 4.69) is 5.10 Å². The number of benzene rings is 2. The zero-order chi connectivity index (χ0) is 15.7. The van der Waals surface area contributed by atoms with Gasteiger partial charge in [0.1, 0.15) is 11.6 Å². The van der Waals surface area contributed by atoms with Crippen LogP contribution < -0.4 is 0 Å². The number of nitrogens with zero attached hydrogens (tertiary/aromatic N) is 2. The topological polar surface area (TPSA) is 58.3 Å². The van der Waals surface area contributed by atoms with Gasteiger partial charge in [0.15, 0.2) is 0 Å². The van der Waals surface area contributed by atoms with Crippen molar-refractivity contribution < 1.29 is 14.6 Å². The molecular weight excluding hydrogens is 303 g/mol. The molecule has 0 amide bonds. The molecule has 0 saturated carbocycles. The highest BCUT2D eigenvalue weighted by atomic mass is 32.2. The van der Waals surface area contributed by atoms with Gasteiger partial charge in [-0.1, -0.05) is 0 Å². The van der Waals surface area contributed by atoms with Crippen molar-refractivity contribution in [1.29, 1.82) is 0 Å². The van der Waals surface area contributed by atoms with Crippen LogP contribution >= 0.6 is 11.8 Å². The fraction of sp³-hybridized carbons (Fsp3) is 0.188. The molecular formula is C16H15FN2O2S. The second-order valence-electron chi connectivity index (χ2n) is 5.01. The Morgan fingerprint density at radius 3 is 2.77 bits per heavy atom. The Balaban J connectivity index is 1.84. The maximum absolute atomic E-state index is 13.3. The summed E-state index contributed by atoms with van der Waals surface area (Å²) < 4.78 is 15.0. The van der Waals surface area contributed by atoms with E-state index in [0.717, 1.165) is 16.3 Å². The van der Waals surface area contributed by atoms with Crippen molar-refractivity contribution in [2.45, 2.75) is 17.3 Å². The van der Waals surface area contributed by atoms with E-state index in [1.807, 2.05) is 12.1 Å². The van der Waals surface area contributed by atoms with Crippen molar-refractivity contribution >= 4 is 22.5 Å². The lowest BCUT2D eigenvalue weighted by Gasteiger charge is -2.05. The second kappa shape index (κ2) is 5.98. The SMILES string of the molecule is Cn1nc(CSc2cc(O)c3ccc(F)cc3c2)cc1CO. The fourth-order valence-electron chi connectivity index (χ4n) is 2.32. The van der Waals surface area contributed by atoms with E-state index in [9.17, 15) is 9.50 Å². The molecule has 22 heavy (non-hydrogen) atoms. The van der Waals surface area contributed by atoms with Gasteiger partial charge >= 0.3 is 0 Å². The van der Waals surface area contributed by atoms with Crippen LogP contribution in [0.1, 0.15) is 11.4 Å². The first-order chi connectivity index (χ1) is 10.6. The largest absolute Gasteiger partial charge is 0.507 e. The molecule has 4 nitrogen and oxygen atoms in total. The average Bonchev–Trinajstić information content (AvgIpc) is 2.85. The van der Waals surface area contributed by atoms with Crippen LogP contribution in [0.2, 0.25) is 0 Å². The quantitative estimate of drug-likeness (QED) is 0.725. The number of aliphatic hydroxyl groups is 1. The molecule has 1 aromatic heterocycles. The lowest BCUT2D eigenvalue weighted by atomic mass is 10.1. The van der Waals surface area contributed by atoms with Crippen LogP contribution in [0, 0.1) is 5.82 Å². The number of halogens is 1. The van der Waals surface area contributed by atoms with Gasteiger partial charge in [0.2, 0.25) is 0 Å². The number of rotatable bonds is 4. The van der Waals surface area contributed by atoms with E-state index in [4.69, 9.17) is 5.11 Å². The average molecular weight is 318 g/mol. The number of aromatic hydroxyl groups is 1. The van der Waals surface area contributed by atoms with Crippen molar-refractivity contribution in [3.63, 3.8) is 0 Å². The van der Waals surface area contributed by atoms with Crippen LogP contribution in [0.3, 0.4) is 0 Å². The van der Waals surface area contributed by atoms with Gasteiger partial charge in [-0.15, -0.1) is 11.8 Å². The number of hydrogen-bond donors (Lipinski definition) is 2. The van der Waals surface area contributed by atoms with E-state index < -0.39 is 0 Å². The Bertz CT molecular complexity index is 832. The molecule has 0 radical (unpaired) electrons. The smallest absolute Gasteiger partial charge is 0.124 e. The van der Waals surface area contributed by atoms with Gasteiger partial charge in [0.05, 0.1) is 18.0 Å². The summed E-state index contributed by atoms with van der Waals surface area (Å²) in [6.07, 6.45) is 0. The highest BCUT2D eigenvalue weighted by molar-refractivity contribution is 7.98. The molecule has 1 heterocycles. The standard InChI is InChI=1S/C16H15FN2O2S/c1-19-13(8-20)6-12(18-19)9-22-14-5-10-4-11(17)2-3-15(10)16(21)7-14/h2-7,20-21H,8-9H2,1H3. The minimum Gasteiger partial charge on any atom is -0.507 e. The van der Waals surface area contributed by atoms with Crippen molar-refractivity contribution in [1.82, 2.24) is 9.78 Å². The van der Waals surface area contributed by atoms with E-state index in [1.54, 1.807) is 23.9 Å². The maximum Gasteiger partial charge on any atom is 0.124 e. The van der Waals surface area contributed by atoms with Crippen LogP contribution in [0.15, 0.2) is 41.3 Å². The van der Waals surface area contributed by atoms with Crippen LogP contribution in [0.25, 0.3) is 10.8 Å². The zero-order valence-corrected chi connectivity index (χ0v) is 12.8. The Morgan fingerprint density at radius 1 is 1.23 bits per heavy atom.